The van der Waals surface area contributed by atoms with Crippen LogP contribution in [0.2, 0.25) is 0 Å². The number of ether oxygens (including phenoxy) is 1. The monoisotopic (exact) mass is 418 g/mol. The van der Waals surface area contributed by atoms with E-state index < -0.39 is 11.2 Å². The summed E-state index contributed by atoms with van der Waals surface area (Å²) in [7, 11) is 1.62. The molecule has 0 saturated heterocycles. The molecule has 4 nitrogen and oxygen atoms in total. The van der Waals surface area contributed by atoms with E-state index in [0.29, 0.717) is 6.54 Å². The number of rotatable bonds is 5. The van der Waals surface area contributed by atoms with Crippen LogP contribution >= 0.6 is 28.6 Å². The molecule has 1 atom stereocenters. The molecule has 130 valence electrons. The van der Waals surface area contributed by atoms with Crippen LogP contribution in [0.15, 0.2) is 46.9 Å². The highest BCUT2D eigenvalue weighted by atomic mass is 79.9. The van der Waals surface area contributed by atoms with Crippen molar-refractivity contribution in [2.45, 2.75) is 18.7 Å². The molecule has 1 amide bonds. The number of nitrogens with two attached hydrogens (primary N) is 1. The summed E-state index contributed by atoms with van der Waals surface area (Å²) in [5.74, 6) is 0.275. The lowest BCUT2D eigenvalue weighted by atomic mass is 10.1. The first-order valence-electron chi connectivity index (χ1n) is 7.81. The van der Waals surface area contributed by atoms with Crippen LogP contribution in [0.4, 0.5) is 0 Å². The predicted octanol–water partition coefficient (Wildman–Crippen LogP) is 4.23. The molecular formula is C19H19BrN2O2S. The summed E-state index contributed by atoms with van der Waals surface area (Å²) in [4.78, 5) is 11.8. The van der Waals surface area contributed by atoms with Crippen LogP contribution in [0, 0.1) is 6.92 Å². The first-order valence-corrected chi connectivity index (χ1v) is 9.12. The van der Waals surface area contributed by atoms with Crippen molar-refractivity contribution in [1.29, 1.82) is 0 Å². The highest BCUT2D eigenvalue weighted by molar-refractivity contribution is 9.10. The Morgan fingerprint density at radius 2 is 1.96 bits per heavy atom. The predicted molar refractivity (Wildman–Crippen MR) is 107 cm³/mol. The maximum atomic E-state index is 11.8. The van der Waals surface area contributed by atoms with Crippen molar-refractivity contribution in [1.82, 2.24) is 4.57 Å². The lowest BCUT2D eigenvalue weighted by Crippen LogP contribution is -2.18. The van der Waals surface area contributed by atoms with E-state index in [2.05, 4.69) is 45.3 Å². The second kappa shape index (κ2) is 7.14. The molecule has 1 unspecified atom stereocenters. The van der Waals surface area contributed by atoms with E-state index in [1.165, 1.54) is 5.56 Å². The Kier molecular flexibility index (Phi) is 5.11. The molecule has 1 aromatic heterocycles. The van der Waals surface area contributed by atoms with Gasteiger partial charge in [-0.25, -0.2) is 0 Å². The Morgan fingerprint density at radius 1 is 1.28 bits per heavy atom. The van der Waals surface area contributed by atoms with Gasteiger partial charge >= 0.3 is 0 Å². The standard InChI is InChI=1S/C19H19BrN2O2S/c1-11-17(18(25)19(21)23)15-9-14(24-2)7-8-16(15)22(11)10-12-3-5-13(20)6-4-12/h3-9,18,25H,10H2,1-2H3,(H2,21,23). The smallest absolute Gasteiger partial charge is 0.234 e. The van der Waals surface area contributed by atoms with Gasteiger partial charge in [-0.05, 0) is 42.8 Å². The maximum Gasteiger partial charge on any atom is 0.234 e. The summed E-state index contributed by atoms with van der Waals surface area (Å²) < 4.78 is 8.56. The summed E-state index contributed by atoms with van der Waals surface area (Å²) in [6, 6.07) is 14.0. The first-order chi connectivity index (χ1) is 11.9. The fourth-order valence-corrected chi connectivity index (χ4v) is 3.67. The SMILES string of the molecule is COc1ccc2c(c1)c(C(S)C(N)=O)c(C)n2Cc1ccc(Br)cc1. The van der Waals surface area contributed by atoms with Crippen LogP contribution in [0.25, 0.3) is 10.9 Å². The number of primary amides is 1. The average molecular weight is 419 g/mol. The average Bonchev–Trinajstić information content (AvgIpc) is 2.87. The molecule has 6 heteroatoms. The van der Waals surface area contributed by atoms with E-state index in [1.807, 2.05) is 37.3 Å². The Labute approximate surface area is 160 Å². The third-order valence-electron chi connectivity index (χ3n) is 4.38. The third-order valence-corrected chi connectivity index (χ3v) is 5.42. The van der Waals surface area contributed by atoms with E-state index in [4.69, 9.17) is 10.5 Å². The third kappa shape index (κ3) is 3.41. The second-order valence-electron chi connectivity index (χ2n) is 5.90. The number of carbonyl (C=O) groups excluding carboxylic acids is 1. The number of amides is 1. The van der Waals surface area contributed by atoms with Gasteiger partial charge < -0.3 is 15.0 Å². The zero-order valence-corrected chi connectivity index (χ0v) is 16.5. The van der Waals surface area contributed by atoms with Crippen LogP contribution in [0.3, 0.4) is 0 Å². The molecule has 0 aliphatic carbocycles. The normalized spacial score (nSPS) is 12.3. The molecule has 3 aromatic rings. The number of thiol groups is 1. The fraction of sp³-hybridized carbons (Fsp3) is 0.211. The molecule has 0 fully saturated rings. The molecule has 0 aliphatic heterocycles. The Morgan fingerprint density at radius 3 is 2.56 bits per heavy atom. The zero-order chi connectivity index (χ0) is 18.1. The van der Waals surface area contributed by atoms with E-state index in [0.717, 1.165) is 32.4 Å². The summed E-state index contributed by atoms with van der Waals surface area (Å²) >= 11 is 7.90. The highest BCUT2D eigenvalue weighted by Crippen LogP contribution is 2.36. The number of aromatic nitrogens is 1. The molecule has 2 aromatic carbocycles. The second-order valence-corrected chi connectivity index (χ2v) is 7.33. The quantitative estimate of drug-likeness (QED) is 0.609. The van der Waals surface area contributed by atoms with Crippen LogP contribution in [0.1, 0.15) is 22.1 Å². The lowest BCUT2D eigenvalue weighted by Gasteiger charge is -2.11. The molecule has 0 radical (unpaired) electrons. The minimum atomic E-state index is -0.666. The van der Waals surface area contributed by atoms with Gasteiger partial charge in [0.15, 0.2) is 0 Å². The molecule has 0 aliphatic rings. The van der Waals surface area contributed by atoms with Crippen molar-refractivity contribution >= 4 is 45.4 Å². The number of carbonyl (C=O) groups is 1. The Bertz CT molecular complexity index is 935. The van der Waals surface area contributed by atoms with Gasteiger partial charge in [-0.1, -0.05) is 28.1 Å². The van der Waals surface area contributed by atoms with Crippen LogP contribution in [-0.2, 0) is 11.3 Å². The van der Waals surface area contributed by atoms with E-state index in [9.17, 15) is 4.79 Å². The van der Waals surface area contributed by atoms with E-state index >= 15 is 0 Å². The van der Waals surface area contributed by atoms with Crippen LogP contribution in [0.5, 0.6) is 5.75 Å². The molecule has 25 heavy (non-hydrogen) atoms. The molecule has 3 rings (SSSR count). The number of hydrogen-bond acceptors (Lipinski definition) is 3. The molecule has 0 saturated carbocycles. The van der Waals surface area contributed by atoms with Gasteiger partial charge in [0.2, 0.25) is 5.91 Å². The maximum absolute atomic E-state index is 11.8. The van der Waals surface area contributed by atoms with Crippen molar-refractivity contribution in [3.63, 3.8) is 0 Å². The minimum absolute atomic E-state index is 0.461. The van der Waals surface area contributed by atoms with Gasteiger partial charge in [0, 0.05) is 33.2 Å². The topological polar surface area (TPSA) is 57.2 Å². The van der Waals surface area contributed by atoms with Gasteiger partial charge in [0.05, 0.1) is 7.11 Å². The molecule has 2 N–H and O–H groups in total. The number of fused-ring (bicyclic) bond motifs is 1. The largest absolute Gasteiger partial charge is 0.497 e. The summed E-state index contributed by atoms with van der Waals surface area (Å²) in [6.07, 6.45) is 0. The van der Waals surface area contributed by atoms with Gasteiger partial charge in [0.25, 0.3) is 0 Å². The van der Waals surface area contributed by atoms with Crippen molar-refractivity contribution in [3.05, 3.63) is 63.8 Å². The van der Waals surface area contributed by atoms with Gasteiger partial charge in [0.1, 0.15) is 11.0 Å². The molecular weight excluding hydrogens is 400 g/mol. The fourth-order valence-electron chi connectivity index (χ4n) is 3.08. The lowest BCUT2D eigenvalue weighted by molar-refractivity contribution is -0.117. The van der Waals surface area contributed by atoms with Crippen LogP contribution < -0.4 is 10.5 Å². The van der Waals surface area contributed by atoms with Gasteiger partial charge in [-0.2, -0.15) is 12.6 Å². The number of methoxy groups -OCH3 is 1. The molecule has 0 bridgehead atoms. The van der Waals surface area contributed by atoms with Gasteiger partial charge in [-0.15, -0.1) is 0 Å². The van der Waals surface area contributed by atoms with E-state index in [-0.39, 0.29) is 0 Å². The number of halogens is 1. The number of hydrogen-bond donors (Lipinski definition) is 2. The van der Waals surface area contributed by atoms with Crippen molar-refractivity contribution in [2.75, 3.05) is 7.11 Å². The Balaban J connectivity index is 2.19. The van der Waals surface area contributed by atoms with Crippen molar-refractivity contribution in [2.24, 2.45) is 5.73 Å². The zero-order valence-electron chi connectivity index (χ0n) is 14.0. The summed E-state index contributed by atoms with van der Waals surface area (Å²) in [6.45, 7) is 2.69. The number of benzene rings is 2. The Hall–Kier alpha value is -1.92. The van der Waals surface area contributed by atoms with Crippen molar-refractivity contribution in [3.8, 4) is 5.75 Å². The number of nitrogens with zero attached hydrogens (tertiary/aromatic N) is 1. The van der Waals surface area contributed by atoms with Crippen molar-refractivity contribution < 1.29 is 9.53 Å². The minimum Gasteiger partial charge on any atom is -0.497 e. The summed E-state index contributed by atoms with van der Waals surface area (Å²) in [5.41, 5.74) is 9.52. The molecule has 0 spiro atoms. The van der Waals surface area contributed by atoms with Gasteiger partial charge in [-0.3, -0.25) is 4.79 Å². The van der Waals surface area contributed by atoms with Crippen LogP contribution in [-0.4, -0.2) is 17.6 Å². The molecule has 1 heterocycles. The summed E-state index contributed by atoms with van der Waals surface area (Å²) in [5, 5.41) is 0.272. The first kappa shape index (κ1) is 17.9. The van der Waals surface area contributed by atoms with E-state index in [1.54, 1.807) is 7.11 Å². The highest BCUT2D eigenvalue weighted by Gasteiger charge is 2.23.